The Balaban J connectivity index is 1.64. The molecule has 0 saturated carbocycles. The van der Waals surface area contributed by atoms with E-state index in [2.05, 4.69) is 4.98 Å². The molecule has 31 heavy (non-hydrogen) atoms. The molecule has 2 saturated heterocycles. The van der Waals surface area contributed by atoms with Gasteiger partial charge in [-0.3, -0.25) is 22.9 Å². The third-order valence-electron chi connectivity index (χ3n) is 4.65. The SMILES string of the molecule is CC(C)OC(=O)[C@@H](C)CCO[P@@]1(=O)OC[C@H]2O[C@@H](n3ccc(N)nc3=O)C(Cl)(Cl)[C@@H]2O1. The lowest BCUT2D eigenvalue weighted by molar-refractivity contribution is -0.152. The van der Waals surface area contributed by atoms with Gasteiger partial charge in [0.25, 0.3) is 0 Å². The van der Waals surface area contributed by atoms with Gasteiger partial charge in [-0.25, -0.2) is 9.36 Å². The van der Waals surface area contributed by atoms with Gasteiger partial charge in [-0.2, -0.15) is 4.98 Å². The van der Waals surface area contributed by atoms with Crippen molar-refractivity contribution < 1.29 is 32.4 Å². The Bertz CT molecular complexity index is 927. The van der Waals surface area contributed by atoms with Crippen LogP contribution in [0, 0.1) is 5.92 Å². The van der Waals surface area contributed by atoms with Crippen molar-refractivity contribution in [2.24, 2.45) is 5.92 Å². The number of halogens is 2. The number of nitrogen functional groups attached to an aromatic ring is 1. The Labute approximate surface area is 188 Å². The highest BCUT2D eigenvalue weighted by Crippen LogP contribution is 2.61. The van der Waals surface area contributed by atoms with Crippen LogP contribution >= 0.6 is 31.0 Å². The van der Waals surface area contributed by atoms with Crippen LogP contribution in [0.1, 0.15) is 33.4 Å². The topological polar surface area (TPSA) is 141 Å². The number of nitrogens with two attached hydrogens (primary N) is 1. The highest BCUT2D eigenvalue weighted by atomic mass is 35.5. The minimum absolute atomic E-state index is 0.0235. The lowest BCUT2D eigenvalue weighted by atomic mass is 10.1. The Kier molecular flexibility index (Phi) is 7.37. The summed E-state index contributed by atoms with van der Waals surface area (Å²) in [5.74, 6) is -0.844. The van der Waals surface area contributed by atoms with Crippen molar-refractivity contribution in [2.45, 2.75) is 56.1 Å². The number of carbonyl (C=O) groups excluding carboxylic acids is 1. The van der Waals surface area contributed by atoms with E-state index < -0.39 is 48.2 Å². The molecule has 0 aliphatic carbocycles. The first-order valence-corrected chi connectivity index (χ1v) is 11.8. The molecule has 0 bridgehead atoms. The smallest absolute Gasteiger partial charge is 0.463 e. The Morgan fingerprint density at radius 1 is 1.45 bits per heavy atom. The van der Waals surface area contributed by atoms with Gasteiger partial charge in [-0.05, 0) is 26.3 Å². The largest absolute Gasteiger partial charge is 0.475 e. The molecular formula is C17H24Cl2N3O8P. The number of alkyl halides is 2. The molecule has 2 N–H and O–H groups in total. The van der Waals surface area contributed by atoms with Crippen molar-refractivity contribution in [1.29, 1.82) is 0 Å². The number of anilines is 1. The number of ether oxygens (including phenoxy) is 2. The van der Waals surface area contributed by atoms with Crippen LogP contribution in [0.2, 0.25) is 0 Å². The highest BCUT2D eigenvalue weighted by molar-refractivity contribution is 7.48. The van der Waals surface area contributed by atoms with Gasteiger partial charge in [0.15, 0.2) is 10.6 Å². The van der Waals surface area contributed by atoms with Crippen LogP contribution in [0.5, 0.6) is 0 Å². The summed E-state index contributed by atoms with van der Waals surface area (Å²) in [6.07, 6.45) is -1.79. The first kappa shape index (κ1) is 24.4. The second kappa shape index (κ2) is 9.35. The minimum Gasteiger partial charge on any atom is -0.463 e. The van der Waals surface area contributed by atoms with Crippen LogP contribution < -0.4 is 11.4 Å². The van der Waals surface area contributed by atoms with E-state index in [1.807, 2.05) is 0 Å². The lowest BCUT2D eigenvalue weighted by Gasteiger charge is -2.33. The summed E-state index contributed by atoms with van der Waals surface area (Å²) in [5.41, 5.74) is 4.77. The standard InChI is InChI=1S/C17H24Cl2N3O8P/c1-9(2)28-14(23)10(3)5-7-26-31(25)27-8-11-13(30-31)17(18,19)15(29-11)22-6-4-12(20)21-16(22)24/h4,6,9-11,13,15H,5,7-8H2,1-3H3,(H2,20,21,24)/t10-,11+,13+,15+,31-/m0/s1. The molecule has 11 nitrogen and oxygen atoms in total. The maximum absolute atomic E-state index is 12.9. The van der Waals surface area contributed by atoms with E-state index >= 15 is 0 Å². The van der Waals surface area contributed by atoms with Crippen molar-refractivity contribution in [3.63, 3.8) is 0 Å². The monoisotopic (exact) mass is 499 g/mol. The second-order valence-electron chi connectivity index (χ2n) is 7.52. The molecule has 0 radical (unpaired) electrons. The molecule has 3 heterocycles. The summed E-state index contributed by atoms with van der Waals surface area (Å²) in [5, 5.41) is 0. The molecule has 3 rings (SSSR count). The molecule has 0 spiro atoms. The first-order valence-electron chi connectivity index (χ1n) is 9.59. The van der Waals surface area contributed by atoms with Gasteiger partial charge in [-0.1, -0.05) is 30.1 Å². The number of hydrogen-bond acceptors (Lipinski definition) is 10. The predicted octanol–water partition coefficient (Wildman–Crippen LogP) is 2.41. The number of rotatable bonds is 7. The quantitative estimate of drug-likeness (QED) is 0.337. The second-order valence-corrected chi connectivity index (χ2v) is 10.6. The average Bonchev–Trinajstić information content (AvgIpc) is 2.91. The van der Waals surface area contributed by atoms with Crippen LogP contribution in [0.15, 0.2) is 17.1 Å². The van der Waals surface area contributed by atoms with Crippen LogP contribution in [0.25, 0.3) is 0 Å². The molecule has 1 aromatic heterocycles. The molecular weight excluding hydrogens is 476 g/mol. The fourth-order valence-corrected chi connectivity index (χ4v) is 5.29. The van der Waals surface area contributed by atoms with Crippen molar-refractivity contribution in [3.05, 3.63) is 22.7 Å². The third-order valence-corrected chi connectivity index (χ3v) is 6.90. The van der Waals surface area contributed by atoms with Gasteiger partial charge < -0.3 is 15.2 Å². The number of fused-ring (bicyclic) bond motifs is 1. The molecule has 0 unspecified atom stereocenters. The van der Waals surface area contributed by atoms with Crippen LogP contribution in [-0.4, -0.2) is 51.4 Å². The molecule has 14 heteroatoms. The summed E-state index contributed by atoms with van der Waals surface area (Å²) in [7, 11) is -4.04. The maximum atomic E-state index is 12.9. The summed E-state index contributed by atoms with van der Waals surface area (Å²) < 4.78 is 39.0. The van der Waals surface area contributed by atoms with E-state index in [-0.39, 0.29) is 31.6 Å². The zero-order valence-corrected chi connectivity index (χ0v) is 19.5. The first-order chi connectivity index (χ1) is 14.4. The van der Waals surface area contributed by atoms with Gasteiger partial charge in [0, 0.05) is 6.20 Å². The van der Waals surface area contributed by atoms with Gasteiger partial charge >= 0.3 is 19.5 Å². The summed E-state index contributed by atoms with van der Waals surface area (Å²) in [6.45, 7) is 4.87. The zero-order chi connectivity index (χ0) is 23.0. The molecule has 2 aliphatic rings. The predicted molar refractivity (Wildman–Crippen MR) is 111 cm³/mol. The van der Waals surface area contributed by atoms with E-state index in [0.717, 1.165) is 4.57 Å². The summed E-state index contributed by atoms with van der Waals surface area (Å²) in [4.78, 5) is 27.6. The summed E-state index contributed by atoms with van der Waals surface area (Å²) >= 11 is 12.9. The molecule has 0 amide bonds. The Morgan fingerprint density at radius 3 is 2.81 bits per heavy atom. The van der Waals surface area contributed by atoms with E-state index in [1.54, 1.807) is 20.8 Å². The average molecular weight is 500 g/mol. The maximum Gasteiger partial charge on any atom is 0.475 e. The van der Waals surface area contributed by atoms with E-state index in [4.69, 9.17) is 52.0 Å². The number of nitrogens with zero attached hydrogens (tertiary/aromatic N) is 2. The van der Waals surface area contributed by atoms with Crippen LogP contribution in [0.4, 0.5) is 5.82 Å². The van der Waals surface area contributed by atoms with E-state index in [1.165, 1.54) is 12.3 Å². The lowest BCUT2D eigenvalue weighted by Crippen LogP contribution is -2.43. The number of carbonyl (C=O) groups is 1. The fraction of sp³-hybridized carbons (Fsp3) is 0.706. The van der Waals surface area contributed by atoms with Crippen LogP contribution in [-0.2, 0) is 32.4 Å². The van der Waals surface area contributed by atoms with Crippen molar-refractivity contribution >= 4 is 42.8 Å². The van der Waals surface area contributed by atoms with Crippen LogP contribution in [0.3, 0.4) is 0 Å². The fourth-order valence-electron chi connectivity index (χ4n) is 3.05. The molecule has 174 valence electrons. The third kappa shape index (κ3) is 5.42. The number of hydrogen-bond donors (Lipinski definition) is 1. The zero-order valence-electron chi connectivity index (χ0n) is 17.1. The number of phosphoric ester groups is 1. The molecule has 5 atom stereocenters. The van der Waals surface area contributed by atoms with Gasteiger partial charge in [0.1, 0.15) is 18.0 Å². The summed E-state index contributed by atoms with van der Waals surface area (Å²) in [6, 6.07) is 1.38. The van der Waals surface area contributed by atoms with Crippen molar-refractivity contribution in [2.75, 3.05) is 18.9 Å². The normalized spacial score (nSPS) is 30.7. The number of phosphoric acid groups is 1. The molecule has 2 fully saturated rings. The number of aromatic nitrogens is 2. The van der Waals surface area contributed by atoms with Crippen molar-refractivity contribution in [1.82, 2.24) is 9.55 Å². The molecule has 1 aromatic rings. The van der Waals surface area contributed by atoms with Gasteiger partial charge in [0.2, 0.25) is 0 Å². The molecule has 0 aromatic carbocycles. The van der Waals surface area contributed by atoms with Crippen molar-refractivity contribution in [3.8, 4) is 0 Å². The van der Waals surface area contributed by atoms with E-state index in [9.17, 15) is 14.2 Å². The Morgan fingerprint density at radius 2 is 2.16 bits per heavy atom. The Hall–Kier alpha value is -1.20. The molecule has 2 aliphatic heterocycles. The highest BCUT2D eigenvalue weighted by Gasteiger charge is 2.62. The van der Waals surface area contributed by atoms with E-state index in [0.29, 0.717) is 0 Å². The minimum atomic E-state index is -4.04. The van der Waals surface area contributed by atoms with Gasteiger partial charge in [0.05, 0.1) is 25.2 Å². The number of esters is 1. The van der Waals surface area contributed by atoms with Gasteiger partial charge in [-0.15, -0.1) is 0 Å².